The number of rotatable bonds is 7. The molecule has 0 saturated heterocycles. The molecule has 0 unspecified atom stereocenters. The molecule has 0 aliphatic heterocycles. The molecule has 0 saturated carbocycles. The fourth-order valence-corrected chi connectivity index (χ4v) is 2.53. The Kier molecular flexibility index (Phi) is 6.38. The number of carbonyl (C=O) groups is 1. The average molecular weight is 404 g/mol. The maximum atomic E-state index is 12.7. The zero-order chi connectivity index (χ0) is 20.7. The normalized spacial score (nSPS) is 11.1. The predicted octanol–water partition coefficient (Wildman–Crippen LogP) is 4.30. The molecular formula is C20H19F3N4O2. The van der Waals surface area contributed by atoms with Gasteiger partial charge in [-0.05, 0) is 42.0 Å². The number of anilines is 1. The number of carbonyl (C=O) groups excluding carboxylic acids is 1. The lowest BCUT2D eigenvalue weighted by Gasteiger charge is -2.11. The number of nitrogens with zero attached hydrogens (tertiary/aromatic N) is 2. The Bertz CT molecular complexity index is 926. The van der Waals surface area contributed by atoms with Crippen LogP contribution in [-0.2, 0) is 19.3 Å². The van der Waals surface area contributed by atoms with E-state index in [-0.39, 0.29) is 12.6 Å². The van der Waals surface area contributed by atoms with Crippen LogP contribution in [0.15, 0.2) is 67.3 Å². The maximum absolute atomic E-state index is 12.7. The van der Waals surface area contributed by atoms with Gasteiger partial charge in [0.1, 0.15) is 12.4 Å². The van der Waals surface area contributed by atoms with E-state index in [1.54, 1.807) is 49.1 Å². The first kappa shape index (κ1) is 20.2. The molecule has 6 nitrogen and oxygen atoms in total. The molecule has 0 aliphatic carbocycles. The summed E-state index contributed by atoms with van der Waals surface area (Å²) in [4.78, 5) is 15.8. The highest BCUT2D eigenvalue weighted by Gasteiger charge is 2.30. The molecule has 0 atom stereocenters. The van der Waals surface area contributed by atoms with Gasteiger partial charge in [0.15, 0.2) is 0 Å². The van der Waals surface area contributed by atoms with Crippen LogP contribution in [0.1, 0.15) is 11.1 Å². The molecule has 1 aromatic heterocycles. The number of nitrogens with one attached hydrogen (secondary N) is 2. The number of amides is 2. The maximum Gasteiger partial charge on any atom is 0.416 e. The van der Waals surface area contributed by atoms with Crippen molar-refractivity contribution in [3.05, 3.63) is 78.4 Å². The van der Waals surface area contributed by atoms with Gasteiger partial charge in [0.2, 0.25) is 0 Å². The number of hydrogen-bond donors (Lipinski definition) is 2. The lowest BCUT2D eigenvalue weighted by atomic mass is 10.1. The van der Waals surface area contributed by atoms with Crippen LogP contribution < -0.4 is 15.4 Å². The number of urea groups is 1. The fourth-order valence-electron chi connectivity index (χ4n) is 2.53. The molecule has 2 amide bonds. The van der Waals surface area contributed by atoms with Gasteiger partial charge in [-0.15, -0.1) is 0 Å². The molecule has 0 radical (unpaired) electrons. The summed E-state index contributed by atoms with van der Waals surface area (Å²) in [7, 11) is 0. The summed E-state index contributed by atoms with van der Waals surface area (Å²) in [5.41, 5.74) is 0.271. The second kappa shape index (κ2) is 9.13. The number of imidazole rings is 1. The van der Waals surface area contributed by atoms with Crippen molar-refractivity contribution in [2.45, 2.75) is 19.3 Å². The third-order valence-electron chi connectivity index (χ3n) is 3.99. The first-order chi connectivity index (χ1) is 13.9. The second-order valence-electron chi connectivity index (χ2n) is 6.19. The highest BCUT2D eigenvalue weighted by molar-refractivity contribution is 5.89. The Morgan fingerprint density at radius 1 is 1.14 bits per heavy atom. The van der Waals surface area contributed by atoms with E-state index in [0.717, 1.165) is 12.1 Å². The van der Waals surface area contributed by atoms with Gasteiger partial charge in [0, 0.05) is 31.2 Å². The zero-order valence-corrected chi connectivity index (χ0v) is 15.3. The Labute approximate surface area is 165 Å². The molecule has 2 N–H and O–H groups in total. The van der Waals surface area contributed by atoms with Gasteiger partial charge in [-0.1, -0.05) is 12.1 Å². The topological polar surface area (TPSA) is 68.2 Å². The van der Waals surface area contributed by atoms with Crippen LogP contribution in [0.3, 0.4) is 0 Å². The van der Waals surface area contributed by atoms with Gasteiger partial charge >= 0.3 is 12.2 Å². The van der Waals surface area contributed by atoms with Crippen molar-refractivity contribution in [2.75, 3.05) is 11.9 Å². The van der Waals surface area contributed by atoms with Crippen LogP contribution in [0.5, 0.6) is 5.75 Å². The molecule has 0 spiro atoms. The summed E-state index contributed by atoms with van der Waals surface area (Å²) >= 11 is 0. The minimum Gasteiger partial charge on any atom is -0.489 e. The lowest BCUT2D eigenvalue weighted by molar-refractivity contribution is -0.137. The van der Waals surface area contributed by atoms with E-state index >= 15 is 0 Å². The van der Waals surface area contributed by atoms with Crippen molar-refractivity contribution < 1.29 is 22.7 Å². The van der Waals surface area contributed by atoms with E-state index in [2.05, 4.69) is 15.6 Å². The van der Waals surface area contributed by atoms with Crippen molar-refractivity contribution in [3.8, 4) is 5.75 Å². The molecular weight excluding hydrogens is 385 g/mol. The van der Waals surface area contributed by atoms with E-state index in [1.165, 1.54) is 6.07 Å². The van der Waals surface area contributed by atoms with Crippen molar-refractivity contribution in [2.24, 2.45) is 0 Å². The fraction of sp³-hybridized carbons (Fsp3) is 0.200. The quantitative estimate of drug-likeness (QED) is 0.617. The Balaban J connectivity index is 1.45. The SMILES string of the molecule is O=C(NCCn1ccnc1)Nc1ccc(OCc2cccc(C(F)(F)F)c2)cc1. The molecule has 1 heterocycles. The van der Waals surface area contributed by atoms with Crippen molar-refractivity contribution in [1.82, 2.24) is 14.9 Å². The zero-order valence-electron chi connectivity index (χ0n) is 15.3. The summed E-state index contributed by atoms with van der Waals surface area (Å²) in [6.45, 7) is 1.06. The molecule has 0 fully saturated rings. The van der Waals surface area contributed by atoms with E-state index in [9.17, 15) is 18.0 Å². The molecule has 3 aromatic rings. The highest BCUT2D eigenvalue weighted by Crippen LogP contribution is 2.29. The number of aromatic nitrogens is 2. The number of alkyl halides is 3. The monoisotopic (exact) mass is 404 g/mol. The van der Waals surface area contributed by atoms with E-state index in [0.29, 0.717) is 30.1 Å². The Hall–Kier alpha value is -3.49. The third-order valence-corrected chi connectivity index (χ3v) is 3.99. The summed E-state index contributed by atoms with van der Waals surface area (Å²) in [5, 5.41) is 5.42. The van der Waals surface area contributed by atoms with Gasteiger partial charge in [-0.25, -0.2) is 9.78 Å². The molecule has 3 rings (SSSR count). The highest BCUT2D eigenvalue weighted by atomic mass is 19.4. The van der Waals surface area contributed by atoms with Gasteiger partial charge in [0.05, 0.1) is 11.9 Å². The number of ether oxygens (including phenoxy) is 1. The van der Waals surface area contributed by atoms with Crippen molar-refractivity contribution in [3.63, 3.8) is 0 Å². The average Bonchev–Trinajstić information content (AvgIpc) is 3.20. The minimum absolute atomic E-state index is 0.00539. The summed E-state index contributed by atoms with van der Waals surface area (Å²) in [5.74, 6) is 0.480. The van der Waals surface area contributed by atoms with Gasteiger partial charge in [-0.2, -0.15) is 13.2 Å². The first-order valence-electron chi connectivity index (χ1n) is 8.80. The molecule has 0 bridgehead atoms. The van der Waals surface area contributed by atoms with Crippen LogP contribution >= 0.6 is 0 Å². The summed E-state index contributed by atoms with van der Waals surface area (Å²) in [6, 6.07) is 11.2. The Morgan fingerprint density at radius 3 is 2.62 bits per heavy atom. The molecule has 152 valence electrons. The third kappa shape index (κ3) is 6.27. The number of benzene rings is 2. The van der Waals surface area contributed by atoms with Gasteiger partial charge in [-0.3, -0.25) is 0 Å². The van der Waals surface area contributed by atoms with Crippen LogP contribution in [0.25, 0.3) is 0 Å². The largest absolute Gasteiger partial charge is 0.489 e. The molecule has 29 heavy (non-hydrogen) atoms. The smallest absolute Gasteiger partial charge is 0.416 e. The van der Waals surface area contributed by atoms with Crippen LogP contribution in [0.4, 0.5) is 23.7 Å². The lowest BCUT2D eigenvalue weighted by Crippen LogP contribution is -2.31. The summed E-state index contributed by atoms with van der Waals surface area (Å²) < 4.78 is 45.6. The minimum atomic E-state index is -4.39. The Morgan fingerprint density at radius 2 is 1.93 bits per heavy atom. The van der Waals surface area contributed by atoms with E-state index < -0.39 is 11.7 Å². The van der Waals surface area contributed by atoms with Crippen LogP contribution in [-0.4, -0.2) is 22.1 Å². The predicted molar refractivity (Wildman–Crippen MR) is 101 cm³/mol. The van der Waals surface area contributed by atoms with Gasteiger partial charge < -0.3 is 19.9 Å². The number of halogens is 3. The molecule has 0 aliphatic rings. The van der Waals surface area contributed by atoms with Crippen LogP contribution in [0.2, 0.25) is 0 Å². The first-order valence-corrected chi connectivity index (χ1v) is 8.80. The standard InChI is InChI=1S/C20H19F3N4O2/c21-20(22,23)16-3-1-2-15(12-16)13-29-18-6-4-17(5-7-18)26-19(28)25-9-11-27-10-8-24-14-27/h1-8,10,12,14H,9,11,13H2,(H2,25,26,28). The van der Waals surface area contributed by atoms with Gasteiger partial charge in [0.25, 0.3) is 0 Å². The van der Waals surface area contributed by atoms with E-state index in [1.807, 2.05) is 4.57 Å². The van der Waals surface area contributed by atoms with Crippen molar-refractivity contribution >= 4 is 11.7 Å². The van der Waals surface area contributed by atoms with Crippen LogP contribution in [0, 0.1) is 0 Å². The second-order valence-corrected chi connectivity index (χ2v) is 6.19. The molecule has 9 heteroatoms. The summed E-state index contributed by atoms with van der Waals surface area (Å²) in [6.07, 6.45) is 0.745. The number of hydrogen-bond acceptors (Lipinski definition) is 3. The molecule has 2 aromatic carbocycles. The van der Waals surface area contributed by atoms with E-state index in [4.69, 9.17) is 4.74 Å². The van der Waals surface area contributed by atoms with Crippen molar-refractivity contribution in [1.29, 1.82) is 0 Å².